The number of aliphatic hydroxyl groups excluding tert-OH is 1. The molecular formula is C21H22O8. The number of hydrogen-bond donors (Lipinski definition) is 2. The van der Waals surface area contributed by atoms with E-state index in [0.717, 1.165) is 0 Å². The Bertz CT molecular complexity index is 896. The number of methoxy groups -OCH3 is 3. The van der Waals surface area contributed by atoms with Gasteiger partial charge in [-0.15, -0.1) is 0 Å². The molecular weight excluding hydrogens is 380 g/mol. The summed E-state index contributed by atoms with van der Waals surface area (Å²) in [5.41, 5.74) is 1.26. The average molecular weight is 402 g/mol. The molecule has 0 aromatic heterocycles. The molecule has 0 saturated carbocycles. The summed E-state index contributed by atoms with van der Waals surface area (Å²) in [6, 6.07) is 6.58. The van der Waals surface area contributed by atoms with Crippen molar-refractivity contribution in [2.45, 2.75) is 12.2 Å². The van der Waals surface area contributed by atoms with E-state index < -0.39 is 12.2 Å². The van der Waals surface area contributed by atoms with E-state index in [2.05, 4.69) is 0 Å². The molecule has 8 heteroatoms. The second kappa shape index (κ2) is 8.74. The molecule has 1 aliphatic heterocycles. The lowest BCUT2D eigenvalue weighted by molar-refractivity contribution is -0.104. The van der Waals surface area contributed by atoms with Crippen LogP contribution in [0.5, 0.6) is 34.5 Å². The number of aldehydes is 1. The smallest absolute Gasteiger partial charge is 0.204 e. The second-order valence-electron chi connectivity index (χ2n) is 6.20. The van der Waals surface area contributed by atoms with Crippen molar-refractivity contribution < 1.29 is 38.7 Å². The Kier molecular flexibility index (Phi) is 6.13. The van der Waals surface area contributed by atoms with Gasteiger partial charge in [-0.05, 0) is 35.9 Å². The Morgan fingerprint density at radius 1 is 1.00 bits per heavy atom. The molecule has 2 N–H and O–H groups in total. The summed E-state index contributed by atoms with van der Waals surface area (Å²) in [7, 11) is 4.33. The minimum atomic E-state index is -0.744. The lowest BCUT2D eigenvalue weighted by Crippen LogP contribution is -2.36. The number of hydrogen-bond acceptors (Lipinski definition) is 8. The maximum Gasteiger partial charge on any atom is 0.204 e. The van der Waals surface area contributed by atoms with Gasteiger partial charge in [0.25, 0.3) is 0 Å². The van der Waals surface area contributed by atoms with Crippen molar-refractivity contribution in [3.8, 4) is 34.5 Å². The van der Waals surface area contributed by atoms with Gasteiger partial charge < -0.3 is 33.9 Å². The number of carbonyl (C=O) groups is 1. The van der Waals surface area contributed by atoms with Crippen LogP contribution in [0.4, 0.5) is 0 Å². The summed E-state index contributed by atoms with van der Waals surface area (Å²) in [5.74, 6) is 1.40. The molecule has 0 unspecified atom stereocenters. The molecule has 1 heterocycles. The third-order valence-corrected chi connectivity index (χ3v) is 4.50. The molecule has 0 radical (unpaired) electrons. The Labute approximate surface area is 167 Å². The van der Waals surface area contributed by atoms with Gasteiger partial charge in [-0.1, -0.05) is 6.08 Å². The first-order valence-corrected chi connectivity index (χ1v) is 8.79. The lowest BCUT2D eigenvalue weighted by Gasteiger charge is -2.34. The van der Waals surface area contributed by atoms with Crippen LogP contribution in [0, 0.1) is 0 Å². The molecule has 2 aromatic carbocycles. The standard InChI is InChI=1S/C21H22O8/c1-25-14-9-13(10-15(26-2)19(14)24)20-18(11-23)29-21-16(27-3)7-12(5-4-6-22)8-17(21)28-20/h4-10,18,20,23-24H,11H2,1-3H3/t18-,20-/m0/s1. The highest BCUT2D eigenvalue weighted by molar-refractivity contribution is 5.75. The van der Waals surface area contributed by atoms with Crippen molar-refractivity contribution in [2.75, 3.05) is 27.9 Å². The van der Waals surface area contributed by atoms with E-state index in [4.69, 9.17) is 23.7 Å². The normalized spacial score (nSPS) is 17.8. The zero-order valence-corrected chi connectivity index (χ0v) is 16.2. The minimum Gasteiger partial charge on any atom is -0.502 e. The highest BCUT2D eigenvalue weighted by Gasteiger charge is 2.35. The van der Waals surface area contributed by atoms with Crippen molar-refractivity contribution in [1.29, 1.82) is 0 Å². The first-order valence-electron chi connectivity index (χ1n) is 8.79. The Morgan fingerprint density at radius 3 is 2.21 bits per heavy atom. The van der Waals surface area contributed by atoms with Crippen LogP contribution in [0.25, 0.3) is 6.08 Å². The third kappa shape index (κ3) is 3.93. The minimum absolute atomic E-state index is 0.139. The number of phenols is 1. The zero-order valence-electron chi connectivity index (χ0n) is 16.2. The molecule has 8 nitrogen and oxygen atoms in total. The summed E-state index contributed by atoms with van der Waals surface area (Å²) in [6.45, 7) is -0.328. The number of aliphatic hydroxyl groups is 1. The molecule has 2 aromatic rings. The fourth-order valence-electron chi connectivity index (χ4n) is 3.12. The molecule has 0 saturated heterocycles. The number of aromatic hydroxyl groups is 1. The van der Waals surface area contributed by atoms with E-state index in [0.29, 0.717) is 34.7 Å². The van der Waals surface area contributed by atoms with Gasteiger partial charge in [0.15, 0.2) is 35.2 Å². The fourth-order valence-corrected chi connectivity index (χ4v) is 3.12. The van der Waals surface area contributed by atoms with Gasteiger partial charge in [0.1, 0.15) is 6.29 Å². The summed E-state index contributed by atoms with van der Waals surface area (Å²) in [5, 5.41) is 20.0. The number of benzene rings is 2. The van der Waals surface area contributed by atoms with Crippen LogP contribution in [0.2, 0.25) is 0 Å². The van der Waals surface area contributed by atoms with E-state index in [1.54, 1.807) is 30.3 Å². The quantitative estimate of drug-likeness (QED) is 0.538. The molecule has 0 bridgehead atoms. The first kappa shape index (κ1) is 20.3. The van der Waals surface area contributed by atoms with Gasteiger partial charge in [0.2, 0.25) is 11.5 Å². The van der Waals surface area contributed by atoms with E-state index in [9.17, 15) is 15.0 Å². The van der Waals surface area contributed by atoms with E-state index >= 15 is 0 Å². The van der Waals surface area contributed by atoms with Crippen LogP contribution in [0.3, 0.4) is 0 Å². The van der Waals surface area contributed by atoms with Crippen LogP contribution in [0.15, 0.2) is 30.3 Å². The molecule has 29 heavy (non-hydrogen) atoms. The largest absolute Gasteiger partial charge is 0.502 e. The summed E-state index contributed by atoms with van der Waals surface area (Å²) >= 11 is 0. The van der Waals surface area contributed by atoms with E-state index in [1.807, 2.05) is 0 Å². The van der Waals surface area contributed by atoms with Crippen LogP contribution in [0.1, 0.15) is 17.2 Å². The van der Waals surface area contributed by atoms with Crippen LogP contribution >= 0.6 is 0 Å². The van der Waals surface area contributed by atoms with Gasteiger partial charge in [0.05, 0.1) is 27.9 Å². The predicted molar refractivity (Wildman–Crippen MR) is 104 cm³/mol. The van der Waals surface area contributed by atoms with Crippen molar-refractivity contribution in [1.82, 2.24) is 0 Å². The van der Waals surface area contributed by atoms with Crippen molar-refractivity contribution >= 4 is 12.4 Å². The lowest BCUT2D eigenvalue weighted by atomic mass is 10.0. The highest BCUT2D eigenvalue weighted by atomic mass is 16.6. The van der Waals surface area contributed by atoms with Gasteiger partial charge >= 0.3 is 0 Å². The van der Waals surface area contributed by atoms with Crippen LogP contribution < -0.4 is 23.7 Å². The van der Waals surface area contributed by atoms with Gasteiger partial charge in [0, 0.05) is 5.56 Å². The molecule has 0 fully saturated rings. The molecule has 2 atom stereocenters. The number of fused-ring (bicyclic) bond motifs is 1. The average Bonchev–Trinajstić information content (AvgIpc) is 2.76. The summed E-state index contributed by atoms with van der Waals surface area (Å²) in [6.07, 6.45) is 2.17. The van der Waals surface area contributed by atoms with Crippen molar-refractivity contribution in [3.63, 3.8) is 0 Å². The number of allylic oxidation sites excluding steroid dienone is 1. The van der Waals surface area contributed by atoms with Gasteiger partial charge in [-0.25, -0.2) is 0 Å². The molecule has 0 aliphatic carbocycles. The van der Waals surface area contributed by atoms with Crippen molar-refractivity contribution in [3.05, 3.63) is 41.5 Å². The summed E-state index contributed by atoms with van der Waals surface area (Å²) in [4.78, 5) is 10.6. The highest BCUT2D eigenvalue weighted by Crippen LogP contribution is 2.48. The van der Waals surface area contributed by atoms with E-state index in [1.165, 1.54) is 27.4 Å². The van der Waals surface area contributed by atoms with Crippen LogP contribution in [-0.2, 0) is 4.79 Å². The van der Waals surface area contributed by atoms with Gasteiger partial charge in [-0.2, -0.15) is 0 Å². The van der Waals surface area contributed by atoms with Gasteiger partial charge in [-0.3, -0.25) is 4.79 Å². The SMILES string of the molecule is COc1cc([C@@H]2Oc3cc(C=CC=O)cc(OC)c3O[C@H]2CO)cc(OC)c1O. The Hall–Kier alpha value is -3.39. The summed E-state index contributed by atoms with van der Waals surface area (Å²) < 4.78 is 27.9. The van der Waals surface area contributed by atoms with Crippen LogP contribution in [-0.4, -0.2) is 50.5 Å². The number of phenolic OH excluding ortho intramolecular Hbond substituents is 1. The monoisotopic (exact) mass is 402 g/mol. The van der Waals surface area contributed by atoms with Crippen molar-refractivity contribution in [2.24, 2.45) is 0 Å². The molecule has 1 aliphatic rings. The number of carbonyl (C=O) groups excluding carboxylic acids is 1. The van der Waals surface area contributed by atoms with E-state index in [-0.39, 0.29) is 23.9 Å². The molecule has 0 amide bonds. The maximum absolute atomic E-state index is 10.6. The fraction of sp³-hybridized carbons (Fsp3) is 0.286. The zero-order chi connectivity index (χ0) is 21.0. The molecule has 0 spiro atoms. The predicted octanol–water partition coefficient (Wildman–Crippen LogP) is 2.50. The second-order valence-corrected chi connectivity index (χ2v) is 6.20. The molecule has 154 valence electrons. The Balaban J connectivity index is 2.08. The number of ether oxygens (including phenoxy) is 5. The topological polar surface area (TPSA) is 104 Å². The third-order valence-electron chi connectivity index (χ3n) is 4.50. The first-order chi connectivity index (χ1) is 14.1. The molecule has 3 rings (SSSR count). The number of rotatable bonds is 7. The maximum atomic E-state index is 10.6. The Morgan fingerprint density at radius 2 is 1.66 bits per heavy atom.